The molecule has 20 heavy (non-hydrogen) atoms. The van der Waals surface area contributed by atoms with Crippen LogP contribution in [0.25, 0.3) is 0 Å². The van der Waals surface area contributed by atoms with Crippen LogP contribution in [0.4, 0.5) is 0 Å². The molecule has 0 aromatic carbocycles. The number of hydrogen-bond donors (Lipinski definition) is 2. The van der Waals surface area contributed by atoms with Crippen molar-refractivity contribution in [3.63, 3.8) is 0 Å². The molecular formula is C16H28N2OS. The molecule has 3 nitrogen and oxygen atoms in total. The Morgan fingerprint density at radius 2 is 1.80 bits per heavy atom. The molecule has 0 bridgehead atoms. The minimum absolute atomic E-state index is 0.180. The number of nitrogens with two attached hydrogens (primary N) is 1. The van der Waals surface area contributed by atoms with Crippen LogP contribution >= 0.6 is 12.2 Å². The lowest BCUT2D eigenvalue weighted by Crippen LogP contribution is -2.59. The molecule has 0 unspecified atom stereocenters. The van der Waals surface area contributed by atoms with Gasteiger partial charge in [0.2, 0.25) is 5.91 Å². The monoisotopic (exact) mass is 296 g/mol. The Kier molecular flexibility index (Phi) is 5.42. The summed E-state index contributed by atoms with van der Waals surface area (Å²) in [5, 5.41) is 3.24. The Balaban J connectivity index is 1.98. The molecule has 2 saturated carbocycles. The van der Waals surface area contributed by atoms with E-state index in [0.717, 1.165) is 44.4 Å². The van der Waals surface area contributed by atoms with Gasteiger partial charge in [0.25, 0.3) is 0 Å². The van der Waals surface area contributed by atoms with E-state index < -0.39 is 5.54 Å². The molecular weight excluding hydrogens is 268 g/mol. The molecule has 1 amide bonds. The molecule has 2 rings (SSSR count). The minimum atomic E-state index is -0.407. The van der Waals surface area contributed by atoms with Gasteiger partial charge < -0.3 is 11.1 Å². The van der Waals surface area contributed by atoms with E-state index in [0.29, 0.717) is 4.99 Å². The minimum Gasteiger partial charge on any atom is -0.391 e. The number of nitrogens with one attached hydrogen (secondary N) is 1. The second kappa shape index (κ2) is 6.88. The summed E-state index contributed by atoms with van der Waals surface area (Å²) in [5.74, 6) is 1.13. The van der Waals surface area contributed by atoms with Crippen molar-refractivity contribution in [2.45, 2.75) is 76.7 Å². The van der Waals surface area contributed by atoms with E-state index in [4.69, 9.17) is 18.0 Å². The Morgan fingerprint density at radius 1 is 1.20 bits per heavy atom. The van der Waals surface area contributed by atoms with Crippen LogP contribution in [0.2, 0.25) is 0 Å². The molecule has 3 N–H and O–H groups in total. The maximum Gasteiger partial charge on any atom is 0.223 e. The maximum atomic E-state index is 12.5. The summed E-state index contributed by atoms with van der Waals surface area (Å²) in [6.45, 7) is 2.24. The van der Waals surface area contributed by atoms with Gasteiger partial charge in [-0.3, -0.25) is 4.79 Å². The first-order valence-electron chi connectivity index (χ1n) is 8.19. The highest BCUT2D eigenvalue weighted by Gasteiger charge is 2.40. The zero-order valence-corrected chi connectivity index (χ0v) is 13.4. The van der Waals surface area contributed by atoms with Crippen LogP contribution in [0.1, 0.15) is 71.1 Å². The number of carbonyl (C=O) groups excluding carboxylic acids is 1. The average Bonchev–Trinajstić information content (AvgIpc) is 2.48. The SMILES string of the molecule is CCC1CCC(NC(=O)C2CCCCC2)(C(N)=S)CC1. The third-order valence-electron chi connectivity index (χ3n) is 5.35. The number of hydrogen-bond acceptors (Lipinski definition) is 2. The molecule has 0 heterocycles. The van der Waals surface area contributed by atoms with E-state index in [2.05, 4.69) is 12.2 Å². The van der Waals surface area contributed by atoms with Gasteiger partial charge in [-0.1, -0.05) is 44.8 Å². The van der Waals surface area contributed by atoms with Crippen LogP contribution in [0.15, 0.2) is 0 Å². The predicted molar refractivity (Wildman–Crippen MR) is 86.5 cm³/mol. The summed E-state index contributed by atoms with van der Waals surface area (Å²) in [7, 11) is 0. The lowest BCUT2D eigenvalue weighted by Gasteiger charge is -2.41. The fourth-order valence-electron chi connectivity index (χ4n) is 3.71. The Hall–Kier alpha value is -0.640. The number of carbonyl (C=O) groups is 1. The molecule has 0 aliphatic heterocycles. The lowest BCUT2D eigenvalue weighted by molar-refractivity contribution is -0.127. The van der Waals surface area contributed by atoms with E-state index in [1.54, 1.807) is 0 Å². The molecule has 2 fully saturated rings. The van der Waals surface area contributed by atoms with Gasteiger partial charge in [0.1, 0.15) is 0 Å². The zero-order valence-electron chi connectivity index (χ0n) is 12.6. The highest BCUT2D eigenvalue weighted by Crippen LogP contribution is 2.35. The van der Waals surface area contributed by atoms with Gasteiger partial charge in [0.05, 0.1) is 10.5 Å². The predicted octanol–water partition coefficient (Wildman–Crippen LogP) is 3.31. The van der Waals surface area contributed by atoms with Gasteiger partial charge in [-0.15, -0.1) is 0 Å². The summed E-state index contributed by atoms with van der Waals surface area (Å²) >= 11 is 5.29. The maximum absolute atomic E-state index is 12.5. The second-order valence-corrected chi connectivity index (χ2v) is 7.06. The van der Waals surface area contributed by atoms with Crippen LogP contribution in [0.5, 0.6) is 0 Å². The molecule has 2 aliphatic carbocycles. The van der Waals surface area contributed by atoms with E-state index in [1.165, 1.54) is 25.7 Å². The number of rotatable bonds is 4. The van der Waals surface area contributed by atoms with Crippen molar-refractivity contribution >= 4 is 23.1 Å². The molecule has 0 atom stereocenters. The van der Waals surface area contributed by atoms with Gasteiger partial charge >= 0.3 is 0 Å². The van der Waals surface area contributed by atoms with Gasteiger partial charge in [-0.25, -0.2) is 0 Å². The van der Waals surface area contributed by atoms with E-state index in [9.17, 15) is 4.79 Å². The van der Waals surface area contributed by atoms with Crippen LogP contribution < -0.4 is 11.1 Å². The summed E-state index contributed by atoms with van der Waals surface area (Å²) in [6.07, 6.45) is 11.0. The normalized spacial score (nSPS) is 31.8. The quantitative estimate of drug-likeness (QED) is 0.783. The average molecular weight is 296 g/mol. The number of thiocarbonyl (C=S) groups is 1. The van der Waals surface area contributed by atoms with E-state index >= 15 is 0 Å². The Bertz CT molecular complexity index is 355. The smallest absolute Gasteiger partial charge is 0.223 e. The molecule has 0 aromatic heterocycles. The van der Waals surface area contributed by atoms with Gasteiger partial charge in [0, 0.05) is 5.92 Å². The van der Waals surface area contributed by atoms with Crippen LogP contribution in [0, 0.1) is 11.8 Å². The molecule has 0 spiro atoms. The van der Waals surface area contributed by atoms with Crippen LogP contribution in [-0.4, -0.2) is 16.4 Å². The van der Waals surface area contributed by atoms with Crippen molar-refractivity contribution in [1.29, 1.82) is 0 Å². The lowest BCUT2D eigenvalue weighted by atomic mass is 9.75. The van der Waals surface area contributed by atoms with Crippen LogP contribution in [-0.2, 0) is 4.79 Å². The number of amides is 1. The summed E-state index contributed by atoms with van der Waals surface area (Å²) in [4.78, 5) is 13.0. The zero-order chi connectivity index (χ0) is 14.6. The van der Waals surface area contributed by atoms with E-state index in [-0.39, 0.29) is 11.8 Å². The fraction of sp³-hybridized carbons (Fsp3) is 0.875. The van der Waals surface area contributed by atoms with Crippen molar-refractivity contribution in [2.24, 2.45) is 17.6 Å². The molecule has 2 aliphatic rings. The first-order valence-corrected chi connectivity index (χ1v) is 8.60. The summed E-state index contributed by atoms with van der Waals surface area (Å²) < 4.78 is 0. The Morgan fingerprint density at radius 3 is 2.30 bits per heavy atom. The highest BCUT2D eigenvalue weighted by atomic mass is 32.1. The summed E-state index contributed by atoms with van der Waals surface area (Å²) in [5.41, 5.74) is 5.58. The van der Waals surface area contributed by atoms with Gasteiger partial charge in [0.15, 0.2) is 0 Å². The van der Waals surface area contributed by atoms with Gasteiger partial charge in [-0.2, -0.15) is 0 Å². The molecule has 4 heteroatoms. The molecule has 0 saturated heterocycles. The van der Waals surface area contributed by atoms with Crippen molar-refractivity contribution < 1.29 is 4.79 Å². The van der Waals surface area contributed by atoms with Crippen LogP contribution in [0.3, 0.4) is 0 Å². The molecule has 0 radical (unpaired) electrons. The standard InChI is InChI=1S/C16H28N2OS/c1-2-12-8-10-16(11-9-12,15(17)20)18-14(19)13-6-4-3-5-7-13/h12-13H,2-11H2,1H3,(H2,17,20)(H,18,19). The fourth-order valence-corrected chi connectivity index (χ4v) is 3.97. The molecule has 0 aromatic rings. The molecule has 114 valence electrons. The first kappa shape index (κ1) is 15.7. The first-order chi connectivity index (χ1) is 9.57. The van der Waals surface area contributed by atoms with Crippen molar-refractivity contribution in [1.82, 2.24) is 5.32 Å². The summed E-state index contributed by atoms with van der Waals surface area (Å²) in [6, 6.07) is 0. The largest absolute Gasteiger partial charge is 0.391 e. The third kappa shape index (κ3) is 3.51. The third-order valence-corrected chi connectivity index (χ3v) is 5.74. The van der Waals surface area contributed by atoms with Crippen molar-refractivity contribution in [3.05, 3.63) is 0 Å². The Labute approximate surface area is 128 Å². The highest BCUT2D eigenvalue weighted by molar-refractivity contribution is 7.80. The van der Waals surface area contributed by atoms with Crippen molar-refractivity contribution in [2.75, 3.05) is 0 Å². The van der Waals surface area contributed by atoms with Gasteiger partial charge in [-0.05, 0) is 44.4 Å². The van der Waals surface area contributed by atoms with E-state index in [1.807, 2.05) is 0 Å². The topological polar surface area (TPSA) is 55.1 Å². The second-order valence-electron chi connectivity index (χ2n) is 6.62. The van der Waals surface area contributed by atoms with Crippen molar-refractivity contribution in [3.8, 4) is 0 Å².